The predicted octanol–water partition coefficient (Wildman–Crippen LogP) is 6.21. The van der Waals surface area contributed by atoms with Gasteiger partial charge in [-0.05, 0) is 74.1 Å². The minimum atomic E-state index is -0.275. The van der Waals surface area contributed by atoms with Gasteiger partial charge in [0.15, 0.2) is 17.3 Å². The molecule has 3 fully saturated rings. The van der Waals surface area contributed by atoms with Crippen molar-refractivity contribution < 1.29 is 4.39 Å². The Kier molecular flexibility index (Phi) is 4.82. The van der Waals surface area contributed by atoms with Crippen molar-refractivity contribution in [3.63, 3.8) is 0 Å². The van der Waals surface area contributed by atoms with E-state index in [1.54, 1.807) is 17.5 Å². The summed E-state index contributed by atoms with van der Waals surface area (Å²) in [6, 6.07) is 1.92. The van der Waals surface area contributed by atoms with Gasteiger partial charge in [0.2, 0.25) is 0 Å². The van der Waals surface area contributed by atoms with Crippen molar-refractivity contribution >= 4 is 22.5 Å². The van der Waals surface area contributed by atoms with E-state index in [1.165, 1.54) is 25.7 Å². The van der Waals surface area contributed by atoms with E-state index in [0.717, 1.165) is 28.3 Å². The predicted molar refractivity (Wildman–Crippen MR) is 125 cm³/mol. The first kappa shape index (κ1) is 20.0. The average Bonchev–Trinajstić information content (AvgIpc) is 3.48. The molecule has 2 atom stereocenters. The molecule has 3 saturated carbocycles. The number of aryl methyl sites for hydroxylation is 1. The summed E-state index contributed by atoms with van der Waals surface area (Å²) in [7, 11) is 0. The summed E-state index contributed by atoms with van der Waals surface area (Å²) in [4.78, 5) is 21.7. The fraction of sp³-hybridized carbons (Fsp3) is 0.440. The molecule has 0 radical (unpaired) electrons. The number of hydrogen-bond acceptors (Lipinski definition) is 5. The molecule has 0 amide bonds. The number of fused-ring (bicyclic) bond motifs is 4. The number of nitrogens with zero attached hydrogens (tertiary/aromatic N) is 4. The lowest BCUT2D eigenvalue weighted by Crippen LogP contribution is -2.39. The van der Waals surface area contributed by atoms with E-state index in [4.69, 9.17) is 9.97 Å². The Morgan fingerprint density at radius 2 is 1.94 bits per heavy atom. The van der Waals surface area contributed by atoms with Crippen molar-refractivity contribution in [3.05, 3.63) is 46.4 Å². The summed E-state index contributed by atoms with van der Waals surface area (Å²) >= 11 is 1.55. The number of H-pyrrole nitrogens is 1. The lowest BCUT2D eigenvalue weighted by atomic mass is 9.58. The van der Waals surface area contributed by atoms with Gasteiger partial charge in [0.25, 0.3) is 0 Å². The molecule has 0 spiro atoms. The first-order chi connectivity index (χ1) is 15.6. The summed E-state index contributed by atoms with van der Waals surface area (Å²) in [5, 5.41) is 3.91. The highest BCUT2D eigenvalue weighted by Crippen LogP contribution is 2.50. The van der Waals surface area contributed by atoms with Crippen LogP contribution in [0.3, 0.4) is 0 Å². The summed E-state index contributed by atoms with van der Waals surface area (Å²) in [6.45, 7) is 4.27. The van der Waals surface area contributed by atoms with Crippen LogP contribution in [0, 0.1) is 36.4 Å². The topological polar surface area (TPSA) is 67.3 Å². The molecule has 0 aromatic carbocycles. The zero-order valence-electron chi connectivity index (χ0n) is 18.3. The number of halogens is 1. The van der Waals surface area contributed by atoms with Crippen molar-refractivity contribution in [1.29, 1.82) is 0 Å². The van der Waals surface area contributed by atoms with Gasteiger partial charge in [-0.3, -0.25) is 0 Å². The number of rotatable bonds is 4. The standard InChI is InChI=1S/C25H26FN5S/c1-13-10-27-25-23(29-13)19(11-28-25)24-30-20(21(26)22(31-24)17-7-8-32-12-17)9-18-14(2)15-3-5-16(18)6-4-15/h7-8,10-12,14-16,18H,3-6,9H2,1-2H3,(H,27,28)/t14-,15?,16?,18+/m0/s1. The van der Waals surface area contributed by atoms with Gasteiger partial charge in [0.1, 0.15) is 11.2 Å². The van der Waals surface area contributed by atoms with Gasteiger partial charge in [0.05, 0.1) is 23.1 Å². The van der Waals surface area contributed by atoms with Crippen LogP contribution in [0.15, 0.2) is 29.2 Å². The molecule has 3 aliphatic rings. The van der Waals surface area contributed by atoms with Crippen molar-refractivity contribution in [1.82, 2.24) is 24.9 Å². The van der Waals surface area contributed by atoms with Crippen molar-refractivity contribution in [3.8, 4) is 22.6 Å². The van der Waals surface area contributed by atoms with Crippen LogP contribution >= 0.6 is 11.3 Å². The third-order valence-corrected chi connectivity index (χ3v) is 8.41. The zero-order chi connectivity index (χ0) is 21.8. The van der Waals surface area contributed by atoms with Crippen LogP contribution in [-0.2, 0) is 6.42 Å². The molecular formula is C25H26FN5S. The van der Waals surface area contributed by atoms with E-state index < -0.39 is 0 Å². The molecule has 32 heavy (non-hydrogen) atoms. The third kappa shape index (κ3) is 3.25. The van der Waals surface area contributed by atoms with E-state index in [0.29, 0.717) is 47.0 Å². The molecule has 164 valence electrons. The molecule has 4 heterocycles. The van der Waals surface area contributed by atoms with Gasteiger partial charge >= 0.3 is 0 Å². The minimum Gasteiger partial charge on any atom is -0.344 e. The molecule has 4 aromatic rings. The quantitative estimate of drug-likeness (QED) is 0.404. The molecule has 4 aromatic heterocycles. The fourth-order valence-corrected chi connectivity index (χ4v) is 6.58. The number of thiophene rings is 1. The fourth-order valence-electron chi connectivity index (χ4n) is 5.94. The second kappa shape index (κ2) is 7.73. The summed E-state index contributed by atoms with van der Waals surface area (Å²) in [5.41, 5.74) is 4.74. The normalized spacial score (nSPS) is 25.0. The van der Waals surface area contributed by atoms with Crippen molar-refractivity contribution in [2.45, 2.75) is 46.0 Å². The van der Waals surface area contributed by atoms with Crippen LogP contribution in [0.2, 0.25) is 0 Å². The van der Waals surface area contributed by atoms with Crippen molar-refractivity contribution in [2.75, 3.05) is 0 Å². The second-order valence-electron chi connectivity index (χ2n) is 9.48. The lowest BCUT2D eigenvalue weighted by Gasteiger charge is -2.47. The maximum absolute atomic E-state index is 15.8. The van der Waals surface area contributed by atoms with E-state index in [9.17, 15) is 0 Å². The van der Waals surface area contributed by atoms with E-state index in [2.05, 4.69) is 21.9 Å². The molecule has 0 saturated heterocycles. The summed E-state index contributed by atoms with van der Waals surface area (Å²) in [5.74, 6) is 2.80. The molecule has 5 nitrogen and oxygen atoms in total. The Hall–Kier alpha value is -2.67. The minimum absolute atomic E-state index is 0.275. The van der Waals surface area contributed by atoms with Crippen molar-refractivity contribution in [2.24, 2.45) is 23.7 Å². The molecule has 7 rings (SSSR count). The highest BCUT2D eigenvalue weighted by atomic mass is 32.1. The van der Waals surface area contributed by atoms with Crippen LogP contribution < -0.4 is 0 Å². The smallest absolute Gasteiger partial charge is 0.171 e. The van der Waals surface area contributed by atoms with Gasteiger partial charge in [-0.2, -0.15) is 11.3 Å². The monoisotopic (exact) mass is 447 g/mol. The largest absolute Gasteiger partial charge is 0.344 e. The SMILES string of the molecule is Cc1cnc2[nH]cc(-c3nc(C[C@H]4C5CCC(CC5)[C@@H]4C)c(F)c(-c4ccsc4)n3)c2n1. The number of aromatic nitrogens is 5. The third-order valence-electron chi connectivity index (χ3n) is 7.73. The van der Waals surface area contributed by atoms with Gasteiger partial charge in [-0.1, -0.05) is 6.92 Å². The van der Waals surface area contributed by atoms with Gasteiger partial charge in [-0.15, -0.1) is 0 Å². The molecular weight excluding hydrogens is 421 g/mol. The molecule has 2 bridgehead atoms. The molecule has 0 aliphatic heterocycles. The van der Waals surface area contributed by atoms with Crippen LogP contribution in [0.1, 0.15) is 44.0 Å². The maximum Gasteiger partial charge on any atom is 0.171 e. The van der Waals surface area contributed by atoms with Gasteiger partial charge in [0, 0.05) is 17.1 Å². The first-order valence-electron chi connectivity index (χ1n) is 11.5. The van der Waals surface area contributed by atoms with Crippen LogP contribution in [-0.4, -0.2) is 24.9 Å². The zero-order valence-corrected chi connectivity index (χ0v) is 19.1. The average molecular weight is 448 g/mol. The molecule has 7 heteroatoms. The lowest BCUT2D eigenvalue weighted by molar-refractivity contribution is 0.0334. The Balaban J connectivity index is 1.48. The van der Waals surface area contributed by atoms with Crippen LogP contribution in [0.5, 0.6) is 0 Å². The van der Waals surface area contributed by atoms with Crippen LogP contribution in [0.4, 0.5) is 4.39 Å². The number of aromatic amines is 1. The maximum atomic E-state index is 15.8. The Labute approximate surface area is 190 Å². The first-order valence-corrected chi connectivity index (χ1v) is 12.4. The van der Waals surface area contributed by atoms with Gasteiger partial charge < -0.3 is 4.98 Å². The van der Waals surface area contributed by atoms with E-state index in [1.807, 2.05) is 29.9 Å². The summed E-state index contributed by atoms with van der Waals surface area (Å²) < 4.78 is 15.8. The van der Waals surface area contributed by atoms with E-state index >= 15 is 4.39 Å². The van der Waals surface area contributed by atoms with Crippen LogP contribution in [0.25, 0.3) is 33.8 Å². The Morgan fingerprint density at radius 3 is 2.69 bits per heavy atom. The Bertz CT molecular complexity index is 1270. The highest BCUT2D eigenvalue weighted by Gasteiger charge is 2.41. The second-order valence-corrected chi connectivity index (χ2v) is 10.3. The molecule has 3 aliphatic carbocycles. The summed E-state index contributed by atoms with van der Waals surface area (Å²) in [6.07, 6.45) is 9.44. The highest BCUT2D eigenvalue weighted by molar-refractivity contribution is 7.08. The molecule has 0 unspecified atom stereocenters. The number of hydrogen-bond donors (Lipinski definition) is 1. The number of nitrogens with one attached hydrogen (secondary N) is 1. The Morgan fingerprint density at radius 1 is 1.12 bits per heavy atom. The van der Waals surface area contributed by atoms with Gasteiger partial charge in [-0.25, -0.2) is 24.3 Å². The van der Waals surface area contributed by atoms with E-state index in [-0.39, 0.29) is 5.82 Å². The molecule has 1 N–H and O–H groups in total.